The molecule has 0 saturated carbocycles. The number of hydrogen-bond acceptors (Lipinski definition) is 6. The molecule has 292 valence electrons. The van der Waals surface area contributed by atoms with Gasteiger partial charge in [0, 0.05) is 71.9 Å². The molecule has 0 unspecified atom stereocenters. The van der Waals surface area contributed by atoms with Gasteiger partial charge in [-0.3, -0.25) is 19.3 Å². The summed E-state index contributed by atoms with van der Waals surface area (Å²) in [6.45, 7) is 8.67. The van der Waals surface area contributed by atoms with Crippen molar-refractivity contribution in [2.75, 3.05) is 53.4 Å². The fourth-order valence-corrected chi connectivity index (χ4v) is 7.33. The van der Waals surface area contributed by atoms with E-state index < -0.39 is 0 Å². The Morgan fingerprint density at radius 1 is 0.691 bits per heavy atom. The van der Waals surface area contributed by atoms with Crippen LogP contribution in [0.4, 0.5) is 0 Å². The molecule has 1 aliphatic heterocycles. The van der Waals surface area contributed by atoms with Gasteiger partial charge in [-0.05, 0) is 78.6 Å². The Labute approximate surface area is 329 Å². The van der Waals surface area contributed by atoms with Gasteiger partial charge in [0.25, 0.3) is 5.91 Å². The summed E-state index contributed by atoms with van der Waals surface area (Å²) >= 11 is 0. The van der Waals surface area contributed by atoms with E-state index in [2.05, 4.69) is 71.3 Å². The van der Waals surface area contributed by atoms with Crippen molar-refractivity contribution < 1.29 is 19.1 Å². The fraction of sp³-hybridized carbons (Fsp3) is 0.426. The molecule has 0 spiro atoms. The quantitative estimate of drug-likeness (QED) is 0.0673. The average molecular weight is 745 g/mol. The van der Waals surface area contributed by atoms with Crippen molar-refractivity contribution in [3.8, 4) is 11.1 Å². The molecule has 0 bridgehead atoms. The molecular weight excluding hydrogens is 685 g/mol. The maximum atomic E-state index is 13.0. The Balaban J connectivity index is 0.980. The van der Waals surface area contributed by atoms with Gasteiger partial charge >= 0.3 is 5.97 Å². The number of rotatable bonds is 20. The van der Waals surface area contributed by atoms with Gasteiger partial charge in [-0.25, -0.2) is 0 Å². The van der Waals surface area contributed by atoms with Crippen LogP contribution in [-0.2, 0) is 33.8 Å². The van der Waals surface area contributed by atoms with E-state index in [1.165, 1.54) is 11.1 Å². The zero-order valence-corrected chi connectivity index (χ0v) is 33.2. The van der Waals surface area contributed by atoms with E-state index in [1.807, 2.05) is 73.6 Å². The molecule has 1 aliphatic rings. The number of benzene rings is 4. The zero-order valence-electron chi connectivity index (χ0n) is 33.2. The van der Waals surface area contributed by atoms with E-state index >= 15 is 0 Å². The molecule has 0 aliphatic carbocycles. The third-order valence-corrected chi connectivity index (χ3v) is 10.6. The summed E-state index contributed by atoms with van der Waals surface area (Å²) in [5.74, 6) is 0.0816. The smallest absolute Gasteiger partial charge is 0.310 e. The Morgan fingerprint density at radius 2 is 1.33 bits per heavy atom. The van der Waals surface area contributed by atoms with Crippen LogP contribution >= 0.6 is 0 Å². The van der Waals surface area contributed by atoms with Crippen LogP contribution < -0.4 is 0 Å². The Morgan fingerprint density at radius 3 is 2.02 bits per heavy atom. The Bertz CT molecular complexity index is 1760. The molecule has 1 fully saturated rings. The van der Waals surface area contributed by atoms with Gasteiger partial charge in [-0.2, -0.15) is 0 Å². The van der Waals surface area contributed by atoms with Gasteiger partial charge in [0.2, 0.25) is 5.91 Å². The maximum Gasteiger partial charge on any atom is 0.310 e. The fourth-order valence-electron chi connectivity index (χ4n) is 7.33. The molecule has 0 N–H and O–H groups in total. The number of hydrogen-bond donors (Lipinski definition) is 0. The van der Waals surface area contributed by atoms with Crippen molar-refractivity contribution >= 4 is 17.8 Å². The highest BCUT2D eigenvalue weighted by molar-refractivity contribution is 5.94. The van der Waals surface area contributed by atoms with Gasteiger partial charge in [-0.15, -0.1) is 0 Å². The number of unbranched alkanes of at least 4 members (excludes halogenated alkanes) is 2. The van der Waals surface area contributed by atoms with Gasteiger partial charge in [0.15, 0.2) is 0 Å². The van der Waals surface area contributed by atoms with Crippen molar-refractivity contribution in [1.82, 2.24) is 19.6 Å². The first-order valence-electron chi connectivity index (χ1n) is 20.2. The number of likely N-dealkylation sites (tertiary alicyclic amines) is 1. The molecule has 8 nitrogen and oxygen atoms in total. The minimum absolute atomic E-state index is 0.0622. The first-order chi connectivity index (χ1) is 26.8. The number of carbonyl (C=O) groups excluding carboxylic acids is 3. The standard InChI is InChI=1S/C47H60N4O4/c1-4-29-49(3)47(54)41-25-23-39(24-26-41)37-51(36-38-16-8-5-9-17-38)30-15-7-12-22-45(52)48(2)33-34-50-31-27-43(28-32-50)55-46(53)35-42-20-13-14-21-44(42)40-18-10-6-11-19-40/h5-6,8-11,13-14,16-21,23-26,43H,4,7,12,15,22,27-37H2,1-3H3. The first kappa shape index (κ1) is 41.4. The van der Waals surface area contributed by atoms with Crippen molar-refractivity contribution in [1.29, 1.82) is 0 Å². The number of piperidine rings is 1. The van der Waals surface area contributed by atoms with Crippen LogP contribution in [0.5, 0.6) is 0 Å². The molecule has 1 heterocycles. The van der Waals surface area contributed by atoms with Gasteiger partial charge in [-0.1, -0.05) is 110 Å². The number of nitrogens with zero attached hydrogens (tertiary/aromatic N) is 4. The molecule has 4 aromatic carbocycles. The molecule has 4 aromatic rings. The molecule has 0 radical (unpaired) electrons. The first-order valence-corrected chi connectivity index (χ1v) is 20.2. The molecule has 1 saturated heterocycles. The van der Waals surface area contributed by atoms with Crippen LogP contribution in [0.1, 0.15) is 78.9 Å². The summed E-state index contributed by atoms with van der Waals surface area (Å²) < 4.78 is 5.92. The molecule has 5 rings (SSSR count). The topological polar surface area (TPSA) is 73.4 Å². The number of esters is 1. The molecule has 0 atom stereocenters. The SMILES string of the molecule is CCCN(C)C(=O)c1ccc(CN(CCCCCC(=O)N(C)CCN2CCC(OC(=O)Cc3ccccc3-c3ccccc3)CC2)Cc2ccccc2)cc1. The summed E-state index contributed by atoms with van der Waals surface area (Å²) in [5.41, 5.74) is 6.34. The number of amides is 2. The largest absolute Gasteiger partial charge is 0.462 e. The van der Waals surface area contributed by atoms with Crippen LogP contribution in [-0.4, -0.2) is 96.9 Å². The van der Waals surface area contributed by atoms with Crippen LogP contribution in [0.3, 0.4) is 0 Å². The predicted octanol–water partition coefficient (Wildman–Crippen LogP) is 8.11. The van der Waals surface area contributed by atoms with E-state index in [1.54, 1.807) is 4.90 Å². The highest BCUT2D eigenvalue weighted by atomic mass is 16.5. The minimum atomic E-state index is -0.175. The normalized spacial score (nSPS) is 13.5. The van der Waals surface area contributed by atoms with E-state index in [9.17, 15) is 14.4 Å². The summed E-state index contributed by atoms with van der Waals surface area (Å²) in [6.07, 6.45) is 6.20. The van der Waals surface area contributed by atoms with E-state index in [4.69, 9.17) is 4.74 Å². The van der Waals surface area contributed by atoms with Crippen LogP contribution in [0.25, 0.3) is 11.1 Å². The highest BCUT2D eigenvalue weighted by Crippen LogP contribution is 2.25. The van der Waals surface area contributed by atoms with Crippen molar-refractivity contribution in [3.63, 3.8) is 0 Å². The highest BCUT2D eigenvalue weighted by Gasteiger charge is 2.23. The number of carbonyl (C=O) groups is 3. The number of likely N-dealkylation sites (N-methyl/N-ethyl adjacent to an activating group) is 1. The molecule has 8 heteroatoms. The van der Waals surface area contributed by atoms with Crippen molar-refractivity contribution in [2.24, 2.45) is 0 Å². The second-order valence-electron chi connectivity index (χ2n) is 15.0. The van der Waals surface area contributed by atoms with Gasteiger partial charge in [0.05, 0.1) is 6.42 Å². The van der Waals surface area contributed by atoms with Gasteiger partial charge in [0.1, 0.15) is 6.10 Å². The van der Waals surface area contributed by atoms with Crippen molar-refractivity contribution in [3.05, 3.63) is 131 Å². The molecule has 2 amide bonds. The lowest BCUT2D eigenvalue weighted by Crippen LogP contribution is -2.42. The summed E-state index contributed by atoms with van der Waals surface area (Å²) in [4.78, 5) is 47.1. The minimum Gasteiger partial charge on any atom is -0.462 e. The Hall–Kier alpha value is -4.79. The Kier molecular flexibility index (Phi) is 16.5. The third kappa shape index (κ3) is 13.5. The average Bonchev–Trinajstić information content (AvgIpc) is 3.21. The second kappa shape index (κ2) is 21.9. The lowest BCUT2D eigenvalue weighted by Gasteiger charge is -2.32. The van der Waals surface area contributed by atoms with Crippen LogP contribution in [0.2, 0.25) is 0 Å². The summed E-state index contributed by atoms with van der Waals surface area (Å²) in [7, 11) is 3.77. The second-order valence-corrected chi connectivity index (χ2v) is 15.0. The summed E-state index contributed by atoms with van der Waals surface area (Å²) in [6, 6.07) is 36.8. The lowest BCUT2D eigenvalue weighted by atomic mass is 9.98. The van der Waals surface area contributed by atoms with Crippen LogP contribution in [0.15, 0.2) is 109 Å². The zero-order chi connectivity index (χ0) is 38.8. The van der Waals surface area contributed by atoms with E-state index in [-0.39, 0.29) is 30.3 Å². The molecular formula is C47H60N4O4. The van der Waals surface area contributed by atoms with E-state index in [0.717, 1.165) is 107 Å². The van der Waals surface area contributed by atoms with E-state index in [0.29, 0.717) is 13.0 Å². The molecule has 0 aromatic heterocycles. The van der Waals surface area contributed by atoms with Crippen molar-refractivity contribution in [2.45, 2.75) is 77.5 Å². The number of ether oxygens (including phenoxy) is 1. The predicted molar refractivity (Wildman–Crippen MR) is 221 cm³/mol. The monoisotopic (exact) mass is 744 g/mol. The lowest BCUT2D eigenvalue weighted by molar-refractivity contribution is -0.150. The van der Waals surface area contributed by atoms with Gasteiger partial charge < -0.3 is 19.4 Å². The van der Waals surface area contributed by atoms with Crippen LogP contribution in [0, 0.1) is 0 Å². The third-order valence-electron chi connectivity index (χ3n) is 10.6. The maximum absolute atomic E-state index is 13.0. The summed E-state index contributed by atoms with van der Waals surface area (Å²) in [5, 5.41) is 0. The molecule has 55 heavy (non-hydrogen) atoms.